The van der Waals surface area contributed by atoms with Gasteiger partial charge in [-0.1, -0.05) is 6.92 Å². The normalized spacial score (nSPS) is 13.1. The molecule has 1 N–H and O–H groups in total. The molecule has 0 fully saturated rings. The molecule has 15 heavy (non-hydrogen) atoms. The lowest BCUT2D eigenvalue weighted by molar-refractivity contribution is 0.467. The summed E-state index contributed by atoms with van der Waals surface area (Å²) in [6, 6.07) is 2.75. The molecule has 0 aromatic carbocycles. The third kappa shape index (κ3) is 4.04. The molecule has 86 valence electrons. The van der Waals surface area contributed by atoms with E-state index >= 15 is 0 Å². The summed E-state index contributed by atoms with van der Waals surface area (Å²) in [4.78, 5) is 0. The lowest BCUT2D eigenvalue weighted by atomic mass is 10.2. The van der Waals surface area contributed by atoms with Crippen molar-refractivity contribution in [1.82, 2.24) is 15.1 Å². The second-order valence-electron chi connectivity index (χ2n) is 4.25. The maximum absolute atomic E-state index is 4.45. The zero-order valence-corrected chi connectivity index (χ0v) is 10.4. The van der Waals surface area contributed by atoms with Crippen LogP contribution in [-0.4, -0.2) is 22.4 Å². The van der Waals surface area contributed by atoms with Gasteiger partial charge < -0.3 is 5.32 Å². The molecule has 3 heteroatoms. The van der Waals surface area contributed by atoms with Crippen LogP contribution in [0, 0.1) is 13.8 Å². The average molecular weight is 209 g/mol. The summed E-state index contributed by atoms with van der Waals surface area (Å²) in [5.74, 6) is 0. The molecule has 0 radical (unpaired) electrons. The minimum atomic E-state index is 0.618. The number of nitrogens with one attached hydrogen (secondary N) is 1. The van der Waals surface area contributed by atoms with E-state index in [1.54, 1.807) is 0 Å². The summed E-state index contributed by atoms with van der Waals surface area (Å²) in [7, 11) is 0. The third-order valence-corrected chi connectivity index (χ3v) is 2.66. The number of aromatic nitrogens is 2. The summed E-state index contributed by atoms with van der Waals surface area (Å²) in [6.45, 7) is 10.6. The van der Waals surface area contributed by atoms with E-state index in [2.05, 4.69) is 41.9 Å². The minimum Gasteiger partial charge on any atom is -0.315 e. The maximum Gasteiger partial charge on any atom is 0.0596 e. The molecule has 0 saturated carbocycles. The van der Waals surface area contributed by atoms with Crippen molar-refractivity contribution in [3.05, 3.63) is 17.5 Å². The van der Waals surface area contributed by atoms with Gasteiger partial charge in [-0.05, 0) is 46.2 Å². The molecule has 0 spiro atoms. The van der Waals surface area contributed by atoms with E-state index in [0.717, 1.165) is 18.8 Å². The largest absolute Gasteiger partial charge is 0.315 e. The van der Waals surface area contributed by atoms with Crippen molar-refractivity contribution < 1.29 is 0 Å². The fourth-order valence-corrected chi connectivity index (χ4v) is 1.90. The van der Waals surface area contributed by atoms with E-state index in [-0.39, 0.29) is 0 Å². The van der Waals surface area contributed by atoms with Gasteiger partial charge in [0.25, 0.3) is 0 Å². The number of hydrogen-bond donors (Lipinski definition) is 1. The molecule has 1 aromatic rings. The van der Waals surface area contributed by atoms with E-state index in [1.165, 1.54) is 18.5 Å². The molecule has 3 nitrogen and oxygen atoms in total. The van der Waals surface area contributed by atoms with Gasteiger partial charge in [0.05, 0.1) is 5.69 Å². The molecule has 1 aromatic heterocycles. The first-order valence-corrected chi connectivity index (χ1v) is 5.88. The smallest absolute Gasteiger partial charge is 0.0596 e. The van der Waals surface area contributed by atoms with E-state index < -0.39 is 0 Å². The van der Waals surface area contributed by atoms with Crippen LogP contribution in [0.15, 0.2) is 6.07 Å². The highest BCUT2D eigenvalue weighted by Gasteiger charge is 2.02. The summed E-state index contributed by atoms with van der Waals surface area (Å²) in [5, 5.41) is 7.87. The zero-order valence-electron chi connectivity index (χ0n) is 10.4. The van der Waals surface area contributed by atoms with Crippen molar-refractivity contribution in [3.8, 4) is 0 Å². The van der Waals surface area contributed by atoms with Gasteiger partial charge in [-0.15, -0.1) is 0 Å². The number of rotatable bonds is 6. The standard InChI is InChI=1S/C12H23N3/c1-5-13-10(2)7-6-8-15-12(4)9-11(3)14-15/h9-10,13H,5-8H2,1-4H3. The SMILES string of the molecule is CCNC(C)CCCn1nc(C)cc1C. The van der Waals surface area contributed by atoms with Crippen LogP contribution in [0.25, 0.3) is 0 Å². The molecule has 0 aliphatic carbocycles. The van der Waals surface area contributed by atoms with E-state index in [9.17, 15) is 0 Å². The van der Waals surface area contributed by atoms with E-state index in [4.69, 9.17) is 0 Å². The molecule has 1 heterocycles. The van der Waals surface area contributed by atoms with Crippen LogP contribution < -0.4 is 5.32 Å². The highest BCUT2D eigenvalue weighted by Crippen LogP contribution is 2.05. The van der Waals surface area contributed by atoms with Crippen LogP contribution in [0.1, 0.15) is 38.1 Å². The lowest BCUT2D eigenvalue weighted by Gasteiger charge is -2.12. The molecule has 0 bridgehead atoms. The van der Waals surface area contributed by atoms with Gasteiger partial charge in [0, 0.05) is 18.3 Å². The van der Waals surface area contributed by atoms with Crippen LogP contribution in [0.3, 0.4) is 0 Å². The fraction of sp³-hybridized carbons (Fsp3) is 0.750. The molecule has 0 aliphatic heterocycles. The molecule has 0 aliphatic rings. The molecule has 1 rings (SSSR count). The Hall–Kier alpha value is -0.830. The summed E-state index contributed by atoms with van der Waals surface area (Å²) < 4.78 is 2.11. The van der Waals surface area contributed by atoms with Gasteiger partial charge in [-0.3, -0.25) is 4.68 Å². The first-order chi connectivity index (χ1) is 7.13. The first kappa shape index (κ1) is 12.2. The second-order valence-corrected chi connectivity index (χ2v) is 4.25. The van der Waals surface area contributed by atoms with Crippen molar-refractivity contribution in [2.75, 3.05) is 6.54 Å². The maximum atomic E-state index is 4.45. The van der Waals surface area contributed by atoms with Gasteiger partial charge >= 0.3 is 0 Å². The second kappa shape index (κ2) is 5.91. The van der Waals surface area contributed by atoms with Crippen molar-refractivity contribution in [1.29, 1.82) is 0 Å². The van der Waals surface area contributed by atoms with Gasteiger partial charge in [-0.25, -0.2) is 0 Å². The average Bonchev–Trinajstić information content (AvgIpc) is 2.46. The van der Waals surface area contributed by atoms with Crippen LogP contribution >= 0.6 is 0 Å². The van der Waals surface area contributed by atoms with Crippen molar-refractivity contribution in [2.45, 2.75) is 53.1 Å². The van der Waals surface area contributed by atoms with Crippen molar-refractivity contribution in [2.24, 2.45) is 0 Å². The highest BCUT2D eigenvalue weighted by atomic mass is 15.3. The Morgan fingerprint density at radius 1 is 1.47 bits per heavy atom. The monoisotopic (exact) mass is 209 g/mol. The van der Waals surface area contributed by atoms with Crippen LogP contribution in [0.2, 0.25) is 0 Å². The number of hydrogen-bond acceptors (Lipinski definition) is 2. The Balaban J connectivity index is 2.28. The Morgan fingerprint density at radius 3 is 2.73 bits per heavy atom. The fourth-order valence-electron chi connectivity index (χ4n) is 1.90. The Labute approximate surface area is 92.9 Å². The van der Waals surface area contributed by atoms with Gasteiger partial charge in [-0.2, -0.15) is 5.10 Å². The molecular weight excluding hydrogens is 186 g/mol. The Kier molecular flexibility index (Phi) is 4.82. The van der Waals surface area contributed by atoms with Gasteiger partial charge in [0.2, 0.25) is 0 Å². The van der Waals surface area contributed by atoms with E-state index in [1.807, 2.05) is 6.92 Å². The van der Waals surface area contributed by atoms with Gasteiger partial charge in [0.1, 0.15) is 0 Å². The topological polar surface area (TPSA) is 29.9 Å². The number of nitrogens with zero attached hydrogens (tertiary/aromatic N) is 2. The third-order valence-electron chi connectivity index (χ3n) is 2.66. The van der Waals surface area contributed by atoms with Crippen LogP contribution in [-0.2, 0) is 6.54 Å². The summed E-state index contributed by atoms with van der Waals surface area (Å²) >= 11 is 0. The zero-order chi connectivity index (χ0) is 11.3. The summed E-state index contributed by atoms with van der Waals surface area (Å²) in [5.41, 5.74) is 2.39. The van der Waals surface area contributed by atoms with Crippen LogP contribution in [0.4, 0.5) is 0 Å². The molecule has 1 unspecified atom stereocenters. The highest BCUT2D eigenvalue weighted by molar-refractivity contribution is 5.06. The molecule has 0 saturated heterocycles. The predicted octanol–water partition coefficient (Wildman–Crippen LogP) is 2.28. The van der Waals surface area contributed by atoms with Crippen LogP contribution in [0.5, 0.6) is 0 Å². The first-order valence-electron chi connectivity index (χ1n) is 5.88. The number of aryl methyl sites for hydroxylation is 3. The molecule has 1 atom stereocenters. The van der Waals surface area contributed by atoms with Crippen molar-refractivity contribution in [3.63, 3.8) is 0 Å². The predicted molar refractivity (Wildman–Crippen MR) is 64.1 cm³/mol. The molecular formula is C12H23N3. The lowest BCUT2D eigenvalue weighted by Crippen LogP contribution is -2.25. The van der Waals surface area contributed by atoms with E-state index in [0.29, 0.717) is 6.04 Å². The minimum absolute atomic E-state index is 0.618. The summed E-state index contributed by atoms with van der Waals surface area (Å²) in [6.07, 6.45) is 2.41. The Bertz CT molecular complexity index is 291. The van der Waals surface area contributed by atoms with Gasteiger partial charge in [0.15, 0.2) is 0 Å². The Morgan fingerprint density at radius 2 is 2.20 bits per heavy atom. The molecule has 0 amide bonds. The van der Waals surface area contributed by atoms with Crippen molar-refractivity contribution >= 4 is 0 Å². The quantitative estimate of drug-likeness (QED) is 0.779.